The topological polar surface area (TPSA) is 29.5 Å². The number of ether oxygens (including phenoxy) is 1. The molecule has 1 amide bonds. The molecule has 1 aromatic rings. The van der Waals surface area contributed by atoms with Crippen LogP contribution in [0, 0.1) is 5.82 Å². The molecule has 1 aromatic carbocycles. The van der Waals surface area contributed by atoms with Crippen LogP contribution in [0.3, 0.4) is 0 Å². The number of hydrogen-bond donors (Lipinski definition) is 0. The van der Waals surface area contributed by atoms with E-state index in [2.05, 4.69) is 15.9 Å². The highest BCUT2D eigenvalue weighted by Gasteiger charge is 2.31. The summed E-state index contributed by atoms with van der Waals surface area (Å²) in [6.07, 6.45) is 0.358. The Hall–Kier alpha value is -1.10. The van der Waals surface area contributed by atoms with Gasteiger partial charge >= 0.3 is 6.09 Å². The van der Waals surface area contributed by atoms with Gasteiger partial charge in [-0.1, -0.05) is 0 Å². The minimum Gasteiger partial charge on any atom is -0.444 e. The molecule has 0 spiro atoms. The van der Waals surface area contributed by atoms with Crippen LogP contribution in [0.25, 0.3) is 0 Å². The first kappa shape index (κ1) is 15.3. The molecule has 1 atom stereocenters. The van der Waals surface area contributed by atoms with Crippen LogP contribution < -0.4 is 0 Å². The summed E-state index contributed by atoms with van der Waals surface area (Å²) in [4.78, 5) is 13.8. The Morgan fingerprint density at radius 1 is 1.45 bits per heavy atom. The molecule has 5 heteroatoms. The summed E-state index contributed by atoms with van der Waals surface area (Å²) in [5.41, 5.74) is 1.40. The number of amides is 1. The summed E-state index contributed by atoms with van der Waals surface area (Å²) < 4.78 is 19.6. The molecule has 0 unspecified atom stereocenters. The molecule has 110 valence electrons. The van der Waals surface area contributed by atoms with Gasteiger partial charge in [0.1, 0.15) is 11.4 Å². The molecule has 0 saturated heterocycles. The van der Waals surface area contributed by atoms with E-state index >= 15 is 0 Å². The molecule has 2 rings (SSSR count). The normalized spacial score (nSPS) is 18.7. The number of fused-ring (bicyclic) bond motifs is 1. The van der Waals surface area contributed by atoms with Gasteiger partial charge in [0.05, 0.1) is 10.5 Å². The molecule has 20 heavy (non-hydrogen) atoms. The first-order chi connectivity index (χ1) is 9.19. The van der Waals surface area contributed by atoms with Crippen molar-refractivity contribution < 1.29 is 13.9 Å². The number of halogens is 2. The maximum atomic E-state index is 13.7. The zero-order chi connectivity index (χ0) is 15.1. The second kappa shape index (κ2) is 5.35. The minimum atomic E-state index is -0.526. The van der Waals surface area contributed by atoms with Crippen LogP contribution in [-0.4, -0.2) is 23.1 Å². The SMILES string of the molecule is C[C@H]1c2cc(F)c(Br)cc2CCN1C(=O)OC(C)(C)C. The lowest BCUT2D eigenvalue weighted by molar-refractivity contribution is 0.0159. The lowest BCUT2D eigenvalue weighted by Crippen LogP contribution is -2.42. The lowest BCUT2D eigenvalue weighted by Gasteiger charge is -2.36. The number of carbonyl (C=O) groups is 1. The quantitative estimate of drug-likeness (QED) is 0.696. The first-order valence-electron chi connectivity index (χ1n) is 6.66. The number of hydrogen-bond acceptors (Lipinski definition) is 2. The Morgan fingerprint density at radius 2 is 2.10 bits per heavy atom. The molecule has 0 aromatic heterocycles. The van der Waals surface area contributed by atoms with E-state index in [-0.39, 0.29) is 18.0 Å². The molecule has 0 bridgehead atoms. The van der Waals surface area contributed by atoms with Gasteiger partial charge in [-0.15, -0.1) is 0 Å². The Labute approximate surface area is 127 Å². The molecule has 0 aliphatic carbocycles. The number of nitrogens with zero attached hydrogens (tertiary/aromatic N) is 1. The van der Waals surface area contributed by atoms with Gasteiger partial charge in [0, 0.05) is 6.54 Å². The third-order valence-electron chi connectivity index (χ3n) is 3.35. The molecular formula is C15H19BrFNO2. The van der Waals surface area contributed by atoms with Gasteiger partial charge in [0.2, 0.25) is 0 Å². The average molecular weight is 344 g/mol. The van der Waals surface area contributed by atoms with E-state index in [1.54, 1.807) is 11.0 Å². The summed E-state index contributed by atoms with van der Waals surface area (Å²) in [5.74, 6) is -0.304. The Morgan fingerprint density at radius 3 is 2.70 bits per heavy atom. The van der Waals surface area contributed by atoms with Crippen LogP contribution in [0.4, 0.5) is 9.18 Å². The van der Waals surface area contributed by atoms with Crippen LogP contribution in [0.1, 0.15) is 44.9 Å². The molecule has 0 fully saturated rings. The summed E-state index contributed by atoms with van der Waals surface area (Å²) in [5, 5.41) is 0. The van der Waals surface area contributed by atoms with E-state index in [4.69, 9.17) is 4.74 Å². The Bertz CT molecular complexity index is 539. The zero-order valence-corrected chi connectivity index (χ0v) is 13.8. The van der Waals surface area contributed by atoms with Gasteiger partial charge in [-0.25, -0.2) is 9.18 Å². The third-order valence-corrected chi connectivity index (χ3v) is 3.96. The van der Waals surface area contributed by atoms with Crippen molar-refractivity contribution in [1.82, 2.24) is 4.90 Å². The molecule has 1 heterocycles. The fraction of sp³-hybridized carbons (Fsp3) is 0.533. The number of carbonyl (C=O) groups excluding carboxylic acids is 1. The predicted molar refractivity (Wildman–Crippen MR) is 79.2 cm³/mol. The van der Waals surface area contributed by atoms with Gasteiger partial charge in [0.15, 0.2) is 0 Å². The van der Waals surface area contributed by atoms with E-state index in [9.17, 15) is 9.18 Å². The summed E-state index contributed by atoms with van der Waals surface area (Å²) in [6, 6.07) is 3.12. The van der Waals surface area contributed by atoms with Crippen molar-refractivity contribution >= 4 is 22.0 Å². The molecule has 0 N–H and O–H groups in total. The highest BCUT2D eigenvalue weighted by atomic mass is 79.9. The van der Waals surface area contributed by atoms with E-state index in [0.717, 1.165) is 11.1 Å². The van der Waals surface area contributed by atoms with Crippen molar-refractivity contribution in [2.45, 2.75) is 45.8 Å². The first-order valence-corrected chi connectivity index (χ1v) is 7.46. The Balaban J connectivity index is 2.25. The molecule has 1 aliphatic rings. The van der Waals surface area contributed by atoms with Gasteiger partial charge < -0.3 is 9.64 Å². The summed E-state index contributed by atoms with van der Waals surface area (Å²) in [7, 11) is 0. The van der Waals surface area contributed by atoms with E-state index < -0.39 is 5.60 Å². The van der Waals surface area contributed by atoms with Crippen LogP contribution in [0.5, 0.6) is 0 Å². The van der Waals surface area contributed by atoms with Gasteiger partial charge in [0.25, 0.3) is 0 Å². The molecular weight excluding hydrogens is 325 g/mol. The van der Waals surface area contributed by atoms with Crippen molar-refractivity contribution in [1.29, 1.82) is 0 Å². The monoisotopic (exact) mass is 343 g/mol. The van der Waals surface area contributed by atoms with Gasteiger partial charge in [-0.3, -0.25) is 0 Å². The maximum Gasteiger partial charge on any atom is 0.410 e. The fourth-order valence-corrected chi connectivity index (χ4v) is 2.77. The van der Waals surface area contributed by atoms with Crippen molar-refractivity contribution in [3.63, 3.8) is 0 Å². The minimum absolute atomic E-state index is 0.184. The molecule has 0 saturated carbocycles. The molecule has 1 aliphatic heterocycles. The average Bonchev–Trinajstić information content (AvgIpc) is 2.30. The molecule has 3 nitrogen and oxygen atoms in total. The van der Waals surface area contributed by atoms with Gasteiger partial charge in [-0.2, -0.15) is 0 Å². The van der Waals surface area contributed by atoms with Gasteiger partial charge in [-0.05, 0) is 73.3 Å². The van der Waals surface area contributed by atoms with Crippen molar-refractivity contribution in [2.75, 3.05) is 6.54 Å². The highest BCUT2D eigenvalue weighted by molar-refractivity contribution is 9.10. The van der Waals surface area contributed by atoms with Crippen molar-refractivity contribution in [2.24, 2.45) is 0 Å². The largest absolute Gasteiger partial charge is 0.444 e. The zero-order valence-electron chi connectivity index (χ0n) is 12.2. The van der Waals surface area contributed by atoms with Crippen LogP contribution >= 0.6 is 15.9 Å². The van der Waals surface area contributed by atoms with Crippen LogP contribution in [0.2, 0.25) is 0 Å². The second-order valence-electron chi connectivity index (χ2n) is 6.06. The standard InChI is InChI=1S/C15H19BrFNO2/c1-9-11-8-13(17)12(16)7-10(11)5-6-18(9)14(19)20-15(2,3)4/h7-9H,5-6H2,1-4H3/t9-/m0/s1. The number of benzene rings is 1. The molecule has 0 radical (unpaired) electrons. The van der Waals surface area contributed by atoms with E-state index in [1.807, 2.05) is 27.7 Å². The second-order valence-corrected chi connectivity index (χ2v) is 6.92. The number of rotatable bonds is 0. The predicted octanol–water partition coefficient (Wildman–Crippen LogP) is 4.44. The third kappa shape index (κ3) is 3.14. The summed E-state index contributed by atoms with van der Waals surface area (Å²) >= 11 is 3.20. The highest BCUT2D eigenvalue weighted by Crippen LogP contribution is 2.33. The van der Waals surface area contributed by atoms with E-state index in [0.29, 0.717) is 17.4 Å². The van der Waals surface area contributed by atoms with Crippen molar-refractivity contribution in [3.8, 4) is 0 Å². The van der Waals surface area contributed by atoms with Crippen molar-refractivity contribution in [3.05, 3.63) is 33.5 Å². The lowest BCUT2D eigenvalue weighted by atomic mass is 9.94. The van der Waals surface area contributed by atoms with Crippen LogP contribution in [-0.2, 0) is 11.2 Å². The maximum absolute atomic E-state index is 13.7. The van der Waals surface area contributed by atoms with E-state index in [1.165, 1.54) is 6.07 Å². The Kier molecular flexibility index (Phi) is 4.09. The summed E-state index contributed by atoms with van der Waals surface area (Å²) in [6.45, 7) is 8.00. The fourth-order valence-electron chi connectivity index (χ4n) is 2.38. The van der Waals surface area contributed by atoms with Crippen LogP contribution in [0.15, 0.2) is 16.6 Å². The smallest absolute Gasteiger partial charge is 0.410 e.